The Morgan fingerprint density at radius 3 is 2.71 bits per heavy atom. The van der Waals surface area contributed by atoms with Crippen molar-refractivity contribution in [1.29, 1.82) is 0 Å². The molecule has 0 heterocycles. The van der Waals surface area contributed by atoms with Crippen molar-refractivity contribution in [2.45, 2.75) is 19.4 Å². The molecule has 116 valence electrons. The minimum Gasteiger partial charge on any atom is -0.480 e. The molecule has 0 saturated carbocycles. The van der Waals surface area contributed by atoms with E-state index >= 15 is 0 Å². The molecule has 0 saturated heterocycles. The average molecular weight is 331 g/mol. The standard InChI is InChI=1S/C14H19ClN2O3S/c1-3-11(9-21-2)16-14(20)17(8-13(18)19)12-6-4-5-10(15)7-12/h4-7,11H,3,8-9H2,1-2H3,(H,16,20)(H,18,19). The van der Waals surface area contributed by atoms with Gasteiger partial charge in [0.15, 0.2) is 0 Å². The molecule has 0 radical (unpaired) electrons. The zero-order valence-corrected chi connectivity index (χ0v) is 13.6. The van der Waals surface area contributed by atoms with Crippen LogP contribution in [-0.4, -0.2) is 41.7 Å². The fourth-order valence-corrected chi connectivity index (χ4v) is 2.68. The van der Waals surface area contributed by atoms with Gasteiger partial charge in [0.1, 0.15) is 6.54 Å². The number of carbonyl (C=O) groups excluding carboxylic acids is 1. The van der Waals surface area contributed by atoms with Crippen molar-refractivity contribution < 1.29 is 14.7 Å². The quantitative estimate of drug-likeness (QED) is 0.806. The van der Waals surface area contributed by atoms with E-state index in [1.165, 1.54) is 4.90 Å². The third kappa shape index (κ3) is 5.85. The largest absolute Gasteiger partial charge is 0.480 e. The fourth-order valence-electron chi connectivity index (χ4n) is 1.77. The van der Waals surface area contributed by atoms with Crippen LogP contribution in [0.4, 0.5) is 10.5 Å². The zero-order chi connectivity index (χ0) is 15.8. The number of nitrogens with zero attached hydrogens (tertiary/aromatic N) is 1. The van der Waals surface area contributed by atoms with Gasteiger partial charge in [0.25, 0.3) is 0 Å². The summed E-state index contributed by atoms with van der Waals surface area (Å²) in [5, 5.41) is 12.3. The van der Waals surface area contributed by atoms with Gasteiger partial charge in [0.2, 0.25) is 0 Å². The smallest absolute Gasteiger partial charge is 0.323 e. The van der Waals surface area contributed by atoms with Crippen LogP contribution in [0.15, 0.2) is 24.3 Å². The Bertz CT molecular complexity index is 499. The maximum Gasteiger partial charge on any atom is 0.323 e. The minimum absolute atomic E-state index is 0.00276. The molecule has 1 aromatic carbocycles. The zero-order valence-electron chi connectivity index (χ0n) is 12.0. The normalized spacial score (nSPS) is 11.8. The molecule has 0 bridgehead atoms. The average Bonchev–Trinajstić information content (AvgIpc) is 2.43. The molecule has 0 spiro atoms. The molecule has 0 aliphatic rings. The number of hydrogen-bond acceptors (Lipinski definition) is 3. The molecular formula is C14H19ClN2O3S. The van der Waals surface area contributed by atoms with Crippen LogP contribution in [0.3, 0.4) is 0 Å². The second kappa shape index (κ2) is 8.79. The molecule has 2 amide bonds. The molecule has 0 aliphatic carbocycles. The molecule has 0 fully saturated rings. The van der Waals surface area contributed by atoms with Crippen molar-refractivity contribution in [2.75, 3.05) is 23.5 Å². The summed E-state index contributed by atoms with van der Waals surface area (Å²) in [6.45, 7) is 1.56. The number of benzene rings is 1. The minimum atomic E-state index is -1.08. The summed E-state index contributed by atoms with van der Waals surface area (Å²) in [7, 11) is 0. The number of urea groups is 1. The van der Waals surface area contributed by atoms with Gasteiger partial charge in [-0.3, -0.25) is 9.69 Å². The highest BCUT2D eigenvalue weighted by atomic mass is 35.5. The highest BCUT2D eigenvalue weighted by Crippen LogP contribution is 2.19. The lowest BCUT2D eigenvalue weighted by atomic mass is 10.2. The van der Waals surface area contributed by atoms with Crippen LogP contribution in [0.5, 0.6) is 0 Å². The van der Waals surface area contributed by atoms with Gasteiger partial charge in [-0.2, -0.15) is 11.8 Å². The summed E-state index contributed by atoms with van der Waals surface area (Å²) in [5.74, 6) is -0.304. The van der Waals surface area contributed by atoms with E-state index in [9.17, 15) is 9.59 Å². The van der Waals surface area contributed by atoms with Gasteiger partial charge in [0.05, 0.1) is 0 Å². The van der Waals surface area contributed by atoms with E-state index in [-0.39, 0.29) is 6.04 Å². The van der Waals surface area contributed by atoms with E-state index in [1.807, 2.05) is 13.2 Å². The monoisotopic (exact) mass is 330 g/mol. The molecule has 7 heteroatoms. The second-order valence-corrected chi connectivity index (χ2v) is 5.82. The number of hydrogen-bond donors (Lipinski definition) is 2. The number of rotatable bonds is 7. The van der Waals surface area contributed by atoms with E-state index in [0.29, 0.717) is 10.7 Å². The van der Waals surface area contributed by atoms with Crippen molar-refractivity contribution >= 4 is 41.1 Å². The van der Waals surface area contributed by atoms with Crippen molar-refractivity contribution in [3.05, 3.63) is 29.3 Å². The highest BCUT2D eigenvalue weighted by molar-refractivity contribution is 7.98. The summed E-state index contributed by atoms with van der Waals surface area (Å²) >= 11 is 7.53. The number of carboxylic acid groups (broad SMARTS) is 1. The third-order valence-electron chi connectivity index (χ3n) is 2.85. The Morgan fingerprint density at radius 1 is 1.48 bits per heavy atom. The predicted molar refractivity (Wildman–Crippen MR) is 87.4 cm³/mol. The first-order valence-corrected chi connectivity index (χ1v) is 8.29. The Labute approximate surface area is 133 Å². The first-order valence-electron chi connectivity index (χ1n) is 6.52. The summed E-state index contributed by atoms with van der Waals surface area (Å²) in [5.41, 5.74) is 0.460. The molecule has 2 N–H and O–H groups in total. The molecule has 1 unspecified atom stereocenters. The van der Waals surface area contributed by atoms with Gasteiger partial charge < -0.3 is 10.4 Å². The maximum atomic E-state index is 12.3. The lowest BCUT2D eigenvalue weighted by Gasteiger charge is -2.25. The van der Waals surface area contributed by atoms with Crippen LogP contribution in [0.1, 0.15) is 13.3 Å². The number of halogens is 1. The molecule has 1 atom stereocenters. The summed E-state index contributed by atoms with van der Waals surface area (Å²) < 4.78 is 0. The van der Waals surface area contributed by atoms with Gasteiger partial charge in [-0.1, -0.05) is 24.6 Å². The van der Waals surface area contributed by atoms with Crippen LogP contribution in [0.25, 0.3) is 0 Å². The van der Waals surface area contributed by atoms with Crippen molar-refractivity contribution in [1.82, 2.24) is 5.32 Å². The van der Waals surface area contributed by atoms with Gasteiger partial charge in [-0.25, -0.2) is 4.79 Å². The second-order valence-electron chi connectivity index (χ2n) is 4.47. The van der Waals surface area contributed by atoms with Crippen LogP contribution in [0, 0.1) is 0 Å². The topological polar surface area (TPSA) is 69.6 Å². The maximum absolute atomic E-state index is 12.3. The van der Waals surface area contributed by atoms with E-state index in [4.69, 9.17) is 16.7 Å². The number of nitrogens with one attached hydrogen (secondary N) is 1. The molecule has 5 nitrogen and oxygen atoms in total. The summed E-state index contributed by atoms with van der Waals surface area (Å²) in [6.07, 6.45) is 2.74. The van der Waals surface area contributed by atoms with Gasteiger partial charge >= 0.3 is 12.0 Å². The Hall–Kier alpha value is -1.40. The molecule has 0 aromatic heterocycles. The number of anilines is 1. The van der Waals surface area contributed by atoms with Crippen molar-refractivity contribution in [3.63, 3.8) is 0 Å². The molecule has 0 aliphatic heterocycles. The number of carboxylic acids is 1. The summed E-state index contributed by atoms with van der Waals surface area (Å²) in [6, 6.07) is 6.15. The van der Waals surface area contributed by atoms with E-state index in [2.05, 4.69) is 5.32 Å². The summed E-state index contributed by atoms with van der Waals surface area (Å²) in [4.78, 5) is 24.5. The molecule has 1 aromatic rings. The molecular weight excluding hydrogens is 312 g/mol. The fraction of sp³-hybridized carbons (Fsp3) is 0.429. The lowest BCUT2D eigenvalue weighted by molar-refractivity contribution is -0.135. The predicted octanol–water partition coefficient (Wildman–Crippen LogP) is 3.08. The van der Waals surface area contributed by atoms with Crippen LogP contribution in [0.2, 0.25) is 5.02 Å². The number of thioether (sulfide) groups is 1. The number of carbonyl (C=O) groups is 2. The first-order chi connectivity index (χ1) is 9.97. The first kappa shape index (κ1) is 17.7. The lowest BCUT2D eigenvalue weighted by Crippen LogP contribution is -2.47. The Morgan fingerprint density at radius 2 is 2.19 bits per heavy atom. The van der Waals surface area contributed by atoms with Gasteiger partial charge in [0, 0.05) is 22.5 Å². The third-order valence-corrected chi connectivity index (χ3v) is 3.82. The van der Waals surface area contributed by atoms with E-state index in [1.54, 1.807) is 36.0 Å². The van der Waals surface area contributed by atoms with Gasteiger partial charge in [-0.15, -0.1) is 0 Å². The van der Waals surface area contributed by atoms with Crippen molar-refractivity contribution in [2.24, 2.45) is 0 Å². The van der Waals surface area contributed by atoms with Crippen LogP contribution >= 0.6 is 23.4 Å². The van der Waals surface area contributed by atoms with Crippen molar-refractivity contribution in [3.8, 4) is 0 Å². The highest BCUT2D eigenvalue weighted by Gasteiger charge is 2.21. The van der Waals surface area contributed by atoms with Gasteiger partial charge in [-0.05, 0) is 30.9 Å². The number of amides is 2. The number of aliphatic carboxylic acids is 1. The SMILES string of the molecule is CCC(CSC)NC(=O)N(CC(=O)O)c1cccc(Cl)c1. The van der Waals surface area contributed by atoms with Crippen LogP contribution in [-0.2, 0) is 4.79 Å². The molecule has 21 heavy (non-hydrogen) atoms. The van der Waals surface area contributed by atoms with Crippen LogP contribution < -0.4 is 10.2 Å². The van der Waals surface area contributed by atoms with E-state index in [0.717, 1.165) is 12.2 Å². The molecule has 1 rings (SSSR count). The Kier molecular flexibility index (Phi) is 7.39. The Balaban J connectivity index is 2.91. The van der Waals surface area contributed by atoms with E-state index < -0.39 is 18.5 Å².